The van der Waals surface area contributed by atoms with Gasteiger partial charge in [-0.25, -0.2) is 0 Å². The van der Waals surface area contributed by atoms with Gasteiger partial charge in [0.2, 0.25) is 0 Å². The van der Waals surface area contributed by atoms with E-state index in [1.165, 1.54) is 38.2 Å². The molecule has 2 rings (SSSR count). The van der Waals surface area contributed by atoms with Crippen molar-refractivity contribution in [2.24, 2.45) is 0 Å². The number of benzene rings is 1. The van der Waals surface area contributed by atoms with E-state index in [9.17, 15) is 0 Å². The summed E-state index contributed by atoms with van der Waals surface area (Å²) < 4.78 is 16.3. The second kappa shape index (κ2) is 7.52. The van der Waals surface area contributed by atoms with Gasteiger partial charge in [0.15, 0.2) is 11.5 Å². The number of nitrogens with one attached hydrogen (secondary N) is 2. The van der Waals surface area contributed by atoms with E-state index in [-0.39, 0.29) is 0 Å². The third kappa shape index (κ3) is 4.02. The third-order valence-electron chi connectivity index (χ3n) is 4.27. The minimum absolute atomic E-state index is 0.716. The minimum atomic E-state index is 0.716. The van der Waals surface area contributed by atoms with Crippen molar-refractivity contribution in [2.75, 3.05) is 54.6 Å². The molecule has 0 radical (unpaired) electrons. The highest BCUT2D eigenvalue weighted by molar-refractivity contribution is 5.50. The maximum Gasteiger partial charge on any atom is 0.164 e. The van der Waals surface area contributed by atoms with Crippen LogP contribution in [0.15, 0.2) is 12.1 Å². The van der Waals surface area contributed by atoms with Gasteiger partial charge in [0, 0.05) is 12.5 Å². The molecule has 1 saturated heterocycles. The molecule has 2 unspecified atom stereocenters. The van der Waals surface area contributed by atoms with Crippen molar-refractivity contribution in [3.8, 4) is 17.2 Å². The molecular weight excluding hydrogens is 268 g/mol. The molecule has 118 valence electrons. The molecule has 0 aliphatic carbocycles. The Morgan fingerprint density at radius 3 is 2.19 bits per heavy atom. The van der Waals surface area contributed by atoms with Gasteiger partial charge in [-0.1, -0.05) is 0 Å². The van der Waals surface area contributed by atoms with Gasteiger partial charge in [0.1, 0.15) is 25.4 Å². The molecular formula is C16H28N2O3+2. The molecule has 1 aromatic rings. The largest absolute Gasteiger partial charge is 0.496 e. The fourth-order valence-corrected chi connectivity index (χ4v) is 2.96. The third-order valence-corrected chi connectivity index (χ3v) is 4.27. The lowest BCUT2D eigenvalue weighted by molar-refractivity contribution is -0.938. The van der Waals surface area contributed by atoms with Gasteiger partial charge in [0.25, 0.3) is 0 Å². The zero-order valence-electron chi connectivity index (χ0n) is 13.6. The molecule has 2 atom stereocenters. The Kier molecular flexibility index (Phi) is 5.70. The van der Waals surface area contributed by atoms with Crippen LogP contribution in [0.3, 0.4) is 0 Å². The van der Waals surface area contributed by atoms with Crippen LogP contribution < -0.4 is 24.0 Å². The minimum Gasteiger partial charge on any atom is -0.496 e. The van der Waals surface area contributed by atoms with Gasteiger partial charge in [-0.3, -0.25) is 0 Å². The second-order valence-corrected chi connectivity index (χ2v) is 5.76. The first-order valence-electron chi connectivity index (χ1n) is 7.61. The van der Waals surface area contributed by atoms with Gasteiger partial charge in [0.05, 0.1) is 47.0 Å². The molecule has 0 amide bonds. The first kappa shape index (κ1) is 15.9. The molecule has 0 spiro atoms. The van der Waals surface area contributed by atoms with Crippen LogP contribution in [0.2, 0.25) is 0 Å². The van der Waals surface area contributed by atoms with Crippen molar-refractivity contribution in [2.45, 2.75) is 13.0 Å². The van der Waals surface area contributed by atoms with E-state index in [0.29, 0.717) is 5.75 Å². The average Bonchev–Trinajstić information content (AvgIpc) is 2.71. The smallest absolute Gasteiger partial charge is 0.164 e. The fourth-order valence-electron chi connectivity index (χ4n) is 2.96. The van der Waals surface area contributed by atoms with Crippen molar-refractivity contribution in [3.63, 3.8) is 0 Å². The predicted octanol–water partition coefficient (Wildman–Crippen LogP) is -0.984. The van der Waals surface area contributed by atoms with Crippen LogP contribution in [0.4, 0.5) is 0 Å². The summed E-state index contributed by atoms with van der Waals surface area (Å²) >= 11 is 0. The van der Waals surface area contributed by atoms with E-state index in [0.717, 1.165) is 18.0 Å². The molecule has 5 nitrogen and oxygen atoms in total. The van der Waals surface area contributed by atoms with E-state index in [2.05, 4.69) is 7.05 Å². The SMILES string of the molecule is COc1cc(OC)c(OC)cc1C[NH+]1CCC[NH+](C)CC1. The highest BCUT2D eigenvalue weighted by Gasteiger charge is 2.21. The van der Waals surface area contributed by atoms with Gasteiger partial charge in [-0.15, -0.1) is 0 Å². The molecule has 0 saturated carbocycles. The monoisotopic (exact) mass is 296 g/mol. The molecule has 1 aliphatic rings. The van der Waals surface area contributed by atoms with Crippen LogP contribution in [0, 0.1) is 0 Å². The number of hydrogen-bond acceptors (Lipinski definition) is 3. The van der Waals surface area contributed by atoms with Crippen molar-refractivity contribution < 1.29 is 24.0 Å². The molecule has 1 aliphatic heterocycles. The lowest BCUT2D eigenvalue weighted by Crippen LogP contribution is -3.15. The molecule has 5 heteroatoms. The fraction of sp³-hybridized carbons (Fsp3) is 0.625. The lowest BCUT2D eigenvalue weighted by Gasteiger charge is -2.19. The molecule has 1 aromatic carbocycles. The van der Waals surface area contributed by atoms with E-state index >= 15 is 0 Å². The zero-order chi connectivity index (χ0) is 15.2. The molecule has 0 bridgehead atoms. The summed E-state index contributed by atoms with van der Waals surface area (Å²) in [5, 5.41) is 0. The summed E-state index contributed by atoms with van der Waals surface area (Å²) in [7, 11) is 7.31. The first-order chi connectivity index (χ1) is 10.2. The van der Waals surface area contributed by atoms with Crippen LogP contribution >= 0.6 is 0 Å². The summed E-state index contributed by atoms with van der Waals surface area (Å²) in [6, 6.07) is 3.97. The predicted molar refractivity (Wildman–Crippen MR) is 81.7 cm³/mol. The van der Waals surface area contributed by atoms with Gasteiger partial charge in [-0.05, 0) is 6.07 Å². The highest BCUT2D eigenvalue weighted by Crippen LogP contribution is 2.34. The molecule has 1 heterocycles. The summed E-state index contributed by atoms with van der Waals surface area (Å²) in [6.45, 7) is 5.88. The summed E-state index contributed by atoms with van der Waals surface area (Å²) in [6.07, 6.45) is 1.27. The highest BCUT2D eigenvalue weighted by atomic mass is 16.5. The Morgan fingerprint density at radius 1 is 0.857 bits per heavy atom. The average molecular weight is 296 g/mol. The number of quaternary nitrogens is 2. The van der Waals surface area contributed by atoms with Crippen molar-refractivity contribution >= 4 is 0 Å². The normalized spacial score (nSPS) is 22.5. The standard InChI is InChI=1S/C16H26N2O3/c1-17-6-5-7-18(9-8-17)12-13-10-15(20-3)16(21-4)11-14(13)19-2/h10-11H,5-9,12H2,1-4H3/p+2. The number of ether oxygens (including phenoxy) is 3. The second-order valence-electron chi connectivity index (χ2n) is 5.76. The quantitative estimate of drug-likeness (QED) is 0.733. The Labute approximate surface area is 127 Å². The van der Waals surface area contributed by atoms with E-state index < -0.39 is 0 Å². The number of methoxy groups -OCH3 is 3. The molecule has 1 fully saturated rings. The number of hydrogen-bond donors (Lipinski definition) is 2. The van der Waals surface area contributed by atoms with Crippen LogP contribution in [-0.4, -0.2) is 54.6 Å². The Morgan fingerprint density at radius 2 is 1.52 bits per heavy atom. The van der Waals surface area contributed by atoms with Crippen LogP contribution in [-0.2, 0) is 6.54 Å². The molecule has 21 heavy (non-hydrogen) atoms. The van der Waals surface area contributed by atoms with E-state index in [1.54, 1.807) is 31.1 Å². The van der Waals surface area contributed by atoms with Gasteiger partial charge in [-0.2, -0.15) is 0 Å². The Hall–Kier alpha value is -1.46. The molecule has 0 aromatic heterocycles. The summed E-state index contributed by atoms with van der Waals surface area (Å²) in [5.74, 6) is 2.36. The van der Waals surface area contributed by atoms with Crippen molar-refractivity contribution in [1.82, 2.24) is 0 Å². The summed E-state index contributed by atoms with van der Waals surface area (Å²) in [4.78, 5) is 3.24. The van der Waals surface area contributed by atoms with Crippen LogP contribution in [0.25, 0.3) is 0 Å². The lowest BCUT2D eigenvalue weighted by atomic mass is 10.1. The maximum atomic E-state index is 5.53. The summed E-state index contributed by atoms with van der Waals surface area (Å²) in [5.41, 5.74) is 1.18. The Bertz CT molecular complexity index is 465. The Balaban J connectivity index is 2.17. The first-order valence-corrected chi connectivity index (χ1v) is 7.61. The number of likely N-dealkylation sites (N-methyl/N-ethyl adjacent to an activating group) is 1. The van der Waals surface area contributed by atoms with E-state index in [1.807, 2.05) is 12.1 Å². The van der Waals surface area contributed by atoms with Crippen LogP contribution in [0.1, 0.15) is 12.0 Å². The topological polar surface area (TPSA) is 36.6 Å². The zero-order valence-corrected chi connectivity index (χ0v) is 13.6. The number of rotatable bonds is 5. The van der Waals surface area contributed by atoms with Gasteiger partial charge >= 0.3 is 0 Å². The van der Waals surface area contributed by atoms with Crippen molar-refractivity contribution in [1.29, 1.82) is 0 Å². The van der Waals surface area contributed by atoms with Crippen molar-refractivity contribution in [3.05, 3.63) is 17.7 Å². The van der Waals surface area contributed by atoms with Crippen LogP contribution in [0.5, 0.6) is 17.2 Å². The van der Waals surface area contributed by atoms with E-state index in [4.69, 9.17) is 14.2 Å². The van der Waals surface area contributed by atoms with Gasteiger partial charge < -0.3 is 24.0 Å². The molecule has 2 N–H and O–H groups in total. The maximum absolute atomic E-state index is 5.53.